The molecule has 1 aliphatic rings. The van der Waals surface area contributed by atoms with E-state index in [4.69, 9.17) is 0 Å². The second-order valence-corrected chi connectivity index (χ2v) is 6.01. The number of amides is 2. The number of aromatic nitrogens is 1. The second-order valence-electron chi connectivity index (χ2n) is 6.01. The van der Waals surface area contributed by atoms with Gasteiger partial charge in [-0.05, 0) is 39.6 Å². The van der Waals surface area contributed by atoms with Crippen LogP contribution in [-0.4, -0.2) is 73.7 Å². The van der Waals surface area contributed by atoms with Crippen LogP contribution < -0.4 is 10.2 Å². The van der Waals surface area contributed by atoms with Crippen LogP contribution in [0.3, 0.4) is 0 Å². The van der Waals surface area contributed by atoms with Crippen LogP contribution in [0.15, 0.2) is 24.5 Å². The third-order valence-corrected chi connectivity index (χ3v) is 4.31. The van der Waals surface area contributed by atoms with E-state index >= 15 is 0 Å². The van der Waals surface area contributed by atoms with Gasteiger partial charge in [-0.3, -0.25) is 4.98 Å². The fourth-order valence-corrected chi connectivity index (χ4v) is 2.48. The summed E-state index contributed by atoms with van der Waals surface area (Å²) in [7, 11) is 4.12. The van der Waals surface area contributed by atoms with Gasteiger partial charge in [0.15, 0.2) is 0 Å². The van der Waals surface area contributed by atoms with Gasteiger partial charge in [-0.25, -0.2) is 4.79 Å². The number of pyridine rings is 1. The van der Waals surface area contributed by atoms with Gasteiger partial charge in [0.05, 0.1) is 0 Å². The summed E-state index contributed by atoms with van der Waals surface area (Å²) in [6, 6.07) is 4.56. The fourth-order valence-electron chi connectivity index (χ4n) is 2.48. The Labute approximate surface area is 133 Å². The average Bonchev–Trinajstić information content (AvgIpc) is 2.55. The topological polar surface area (TPSA) is 51.7 Å². The van der Waals surface area contributed by atoms with E-state index in [1.165, 1.54) is 5.69 Å². The molecule has 1 aliphatic heterocycles. The quantitative estimate of drug-likeness (QED) is 0.890. The molecule has 1 aromatic heterocycles. The van der Waals surface area contributed by atoms with E-state index in [2.05, 4.69) is 41.1 Å². The van der Waals surface area contributed by atoms with Gasteiger partial charge in [-0.2, -0.15) is 0 Å². The summed E-state index contributed by atoms with van der Waals surface area (Å²) in [6.07, 6.45) is 4.58. The third kappa shape index (κ3) is 4.59. The Morgan fingerprint density at radius 2 is 1.91 bits per heavy atom. The summed E-state index contributed by atoms with van der Waals surface area (Å²) in [5.41, 5.74) is 1.18. The zero-order valence-electron chi connectivity index (χ0n) is 13.8. The van der Waals surface area contributed by atoms with Gasteiger partial charge in [0, 0.05) is 56.8 Å². The van der Waals surface area contributed by atoms with E-state index < -0.39 is 0 Å². The van der Waals surface area contributed by atoms with Crippen LogP contribution >= 0.6 is 0 Å². The first-order chi connectivity index (χ1) is 10.6. The Morgan fingerprint density at radius 3 is 2.50 bits per heavy atom. The van der Waals surface area contributed by atoms with E-state index in [1.807, 2.05) is 17.0 Å². The van der Waals surface area contributed by atoms with Crippen molar-refractivity contribution in [1.82, 2.24) is 20.1 Å². The summed E-state index contributed by atoms with van der Waals surface area (Å²) >= 11 is 0. The van der Waals surface area contributed by atoms with Crippen LogP contribution in [0.5, 0.6) is 0 Å². The first-order valence-corrected chi connectivity index (χ1v) is 7.92. The summed E-state index contributed by atoms with van der Waals surface area (Å²) in [5, 5.41) is 3.02. The summed E-state index contributed by atoms with van der Waals surface area (Å²) < 4.78 is 0. The molecule has 1 atom stereocenters. The number of nitrogens with zero attached hydrogens (tertiary/aromatic N) is 4. The molecule has 122 valence electrons. The molecule has 0 aliphatic carbocycles. The Balaban J connectivity index is 1.71. The number of piperazine rings is 1. The standard InChI is InChI=1S/C16H27N5O/c1-14(19(2)3)4-9-18-16(22)21-12-10-20(11-13-21)15-5-7-17-8-6-15/h5-8,14H,4,9-13H2,1-3H3,(H,18,22)/t14-/m1/s1. The van der Waals surface area contributed by atoms with Crippen LogP contribution in [0.2, 0.25) is 0 Å². The minimum Gasteiger partial charge on any atom is -0.368 e. The molecule has 0 unspecified atom stereocenters. The first kappa shape index (κ1) is 16.5. The van der Waals surface area contributed by atoms with Gasteiger partial charge >= 0.3 is 6.03 Å². The molecule has 2 heterocycles. The highest BCUT2D eigenvalue weighted by Gasteiger charge is 2.21. The number of hydrogen-bond donors (Lipinski definition) is 1. The number of anilines is 1. The summed E-state index contributed by atoms with van der Waals surface area (Å²) in [4.78, 5) is 22.6. The zero-order valence-corrected chi connectivity index (χ0v) is 13.8. The van der Waals surface area contributed by atoms with Crippen molar-refractivity contribution in [3.05, 3.63) is 24.5 Å². The smallest absolute Gasteiger partial charge is 0.317 e. The molecule has 6 heteroatoms. The van der Waals surface area contributed by atoms with E-state index in [0.29, 0.717) is 6.04 Å². The zero-order chi connectivity index (χ0) is 15.9. The van der Waals surface area contributed by atoms with Gasteiger partial charge in [-0.1, -0.05) is 0 Å². The number of hydrogen-bond acceptors (Lipinski definition) is 4. The van der Waals surface area contributed by atoms with E-state index in [0.717, 1.165) is 39.1 Å². The van der Waals surface area contributed by atoms with E-state index in [1.54, 1.807) is 12.4 Å². The third-order valence-electron chi connectivity index (χ3n) is 4.31. The molecular formula is C16H27N5O. The minimum absolute atomic E-state index is 0.0559. The Bertz CT molecular complexity index is 457. The van der Waals surface area contributed by atoms with Crippen molar-refractivity contribution in [3.8, 4) is 0 Å². The fraction of sp³-hybridized carbons (Fsp3) is 0.625. The molecule has 1 fully saturated rings. The molecule has 1 saturated heterocycles. The minimum atomic E-state index is 0.0559. The molecule has 6 nitrogen and oxygen atoms in total. The molecule has 0 radical (unpaired) electrons. The molecule has 2 rings (SSSR count). The lowest BCUT2D eigenvalue weighted by molar-refractivity contribution is 0.192. The van der Waals surface area contributed by atoms with Crippen LogP contribution in [0.25, 0.3) is 0 Å². The summed E-state index contributed by atoms with van der Waals surface area (Å²) in [5.74, 6) is 0. The molecular weight excluding hydrogens is 278 g/mol. The molecule has 0 spiro atoms. The van der Waals surface area contributed by atoms with Crippen molar-refractivity contribution in [1.29, 1.82) is 0 Å². The Morgan fingerprint density at radius 1 is 1.27 bits per heavy atom. The number of carbonyl (C=O) groups is 1. The molecule has 22 heavy (non-hydrogen) atoms. The number of rotatable bonds is 5. The monoisotopic (exact) mass is 305 g/mol. The Hall–Kier alpha value is -1.82. The summed E-state index contributed by atoms with van der Waals surface area (Å²) in [6.45, 7) is 6.15. The second kappa shape index (κ2) is 7.98. The van der Waals surface area contributed by atoms with Crippen LogP contribution in [-0.2, 0) is 0 Å². The maximum atomic E-state index is 12.2. The largest absolute Gasteiger partial charge is 0.368 e. The van der Waals surface area contributed by atoms with Crippen molar-refractivity contribution in [2.45, 2.75) is 19.4 Å². The number of carbonyl (C=O) groups excluding carboxylic acids is 1. The van der Waals surface area contributed by atoms with Gasteiger partial charge in [-0.15, -0.1) is 0 Å². The maximum Gasteiger partial charge on any atom is 0.317 e. The van der Waals surface area contributed by atoms with Crippen molar-refractivity contribution < 1.29 is 4.79 Å². The molecule has 1 aromatic rings. The van der Waals surface area contributed by atoms with Gasteiger partial charge in [0.1, 0.15) is 0 Å². The maximum absolute atomic E-state index is 12.2. The first-order valence-electron chi connectivity index (χ1n) is 7.92. The van der Waals surface area contributed by atoms with Crippen LogP contribution in [0.4, 0.5) is 10.5 Å². The lowest BCUT2D eigenvalue weighted by atomic mass is 10.2. The lowest BCUT2D eigenvalue weighted by Gasteiger charge is -2.36. The molecule has 0 aromatic carbocycles. The number of urea groups is 1. The Kier molecular flexibility index (Phi) is 6.00. The molecule has 0 saturated carbocycles. The predicted octanol–water partition coefficient (Wildman–Crippen LogP) is 1.25. The lowest BCUT2D eigenvalue weighted by Crippen LogP contribution is -2.52. The van der Waals surface area contributed by atoms with Gasteiger partial charge < -0.3 is 20.0 Å². The van der Waals surface area contributed by atoms with Crippen molar-refractivity contribution in [2.75, 3.05) is 51.7 Å². The van der Waals surface area contributed by atoms with Crippen LogP contribution in [0.1, 0.15) is 13.3 Å². The average molecular weight is 305 g/mol. The van der Waals surface area contributed by atoms with E-state index in [9.17, 15) is 4.79 Å². The predicted molar refractivity (Wildman–Crippen MR) is 89.2 cm³/mol. The highest BCUT2D eigenvalue weighted by atomic mass is 16.2. The SMILES string of the molecule is C[C@H](CCNC(=O)N1CCN(c2ccncc2)CC1)N(C)C. The highest BCUT2D eigenvalue weighted by molar-refractivity contribution is 5.74. The van der Waals surface area contributed by atoms with Crippen molar-refractivity contribution in [3.63, 3.8) is 0 Å². The van der Waals surface area contributed by atoms with Crippen molar-refractivity contribution in [2.24, 2.45) is 0 Å². The van der Waals surface area contributed by atoms with E-state index in [-0.39, 0.29) is 6.03 Å². The number of nitrogens with one attached hydrogen (secondary N) is 1. The van der Waals surface area contributed by atoms with Gasteiger partial charge in [0.25, 0.3) is 0 Å². The molecule has 2 amide bonds. The normalized spacial score (nSPS) is 16.7. The van der Waals surface area contributed by atoms with Crippen molar-refractivity contribution >= 4 is 11.7 Å². The molecule has 1 N–H and O–H groups in total. The highest BCUT2D eigenvalue weighted by Crippen LogP contribution is 2.14. The molecule has 0 bridgehead atoms. The van der Waals surface area contributed by atoms with Crippen LogP contribution in [0, 0.1) is 0 Å². The van der Waals surface area contributed by atoms with Gasteiger partial charge in [0.2, 0.25) is 0 Å².